The number of nitrogens with two attached hydrogens (primary N) is 1. The van der Waals surface area contributed by atoms with E-state index in [1.165, 1.54) is 17.9 Å². The van der Waals surface area contributed by atoms with E-state index in [1.54, 1.807) is 12.1 Å². The first-order valence-corrected chi connectivity index (χ1v) is 5.56. The first-order chi connectivity index (χ1) is 8.76. The number of halogens is 1. The van der Waals surface area contributed by atoms with Crippen LogP contribution in [-0.2, 0) is 6.54 Å². The molecule has 0 aliphatic carbocycles. The first kappa shape index (κ1) is 12.4. The van der Waals surface area contributed by atoms with E-state index in [4.69, 9.17) is 10.5 Å². The third-order valence-electron chi connectivity index (χ3n) is 2.52. The van der Waals surface area contributed by atoms with Gasteiger partial charge in [-0.15, -0.1) is 5.10 Å². The number of aromatic nitrogens is 4. The smallest absolute Gasteiger partial charge is 0.184 e. The maximum atomic E-state index is 13.9. The van der Waals surface area contributed by atoms with E-state index in [0.717, 1.165) is 6.42 Å². The van der Waals surface area contributed by atoms with E-state index in [9.17, 15) is 4.39 Å². The van der Waals surface area contributed by atoms with Crippen molar-refractivity contribution in [3.63, 3.8) is 0 Å². The molecule has 0 radical (unpaired) electrons. The molecule has 0 amide bonds. The average Bonchev–Trinajstić information content (AvgIpc) is 2.84. The Morgan fingerprint density at radius 3 is 2.94 bits per heavy atom. The second kappa shape index (κ2) is 5.54. The normalized spacial score (nSPS) is 10.6. The van der Waals surface area contributed by atoms with Crippen molar-refractivity contribution in [2.24, 2.45) is 5.73 Å². The Labute approximate surface area is 104 Å². The number of hydrogen-bond donors (Lipinski definition) is 1. The van der Waals surface area contributed by atoms with Crippen LogP contribution in [0.5, 0.6) is 5.75 Å². The van der Waals surface area contributed by atoms with Crippen LogP contribution >= 0.6 is 0 Å². The minimum atomic E-state index is -0.418. The van der Waals surface area contributed by atoms with E-state index in [1.807, 2.05) is 0 Å². The Kier molecular flexibility index (Phi) is 3.83. The summed E-state index contributed by atoms with van der Waals surface area (Å²) in [6.07, 6.45) is 0.732. The van der Waals surface area contributed by atoms with Crippen molar-refractivity contribution in [1.82, 2.24) is 20.2 Å². The van der Waals surface area contributed by atoms with Gasteiger partial charge in [0.05, 0.1) is 12.7 Å². The van der Waals surface area contributed by atoms with Gasteiger partial charge in [0.15, 0.2) is 5.82 Å². The molecule has 0 aliphatic heterocycles. The van der Waals surface area contributed by atoms with Crippen molar-refractivity contribution in [2.45, 2.75) is 13.0 Å². The highest BCUT2D eigenvalue weighted by Crippen LogP contribution is 2.24. The van der Waals surface area contributed by atoms with Crippen LogP contribution in [0.25, 0.3) is 11.4 Å². The van der Waals surface area contributed by atoms with Crippen LogP contribution in [0, 0.1) is 5.82 Å². The molecule has 1 aromatic carbocycles. The van der Waals surface area contributed by atoms with Gasteiger partial charge in [-0.05, 0) is 35.5 Å². The van der Waals surface area contributed by atoms with Crippen LogP contribution in [0.2, 0.25) is 0 Å². The lowest BCUT2D eigenvalue weighted by Crippen LogP contribution is -2.09. The minimum absolute atomic E-state index is 0.345. The third kappa shape index (κ3) is 2.45. The minimum Gasteiger partial charge on any atom is -0.497 e. The standard InChI is InChI=1S/C11H14FN5O/c1-18-8-3-4-9(10(12)7-8)11-14-15-16-17(11)6-2-5-13/h3-4,7H,2,5-6,13H2,1H3. The Balaban J connectivity index is 2.33. The Bertz CT molecular complexity index is 528. The van der Waals surface area contributed by atoms with Gasteiger partial charge in [0.1, 0.15) is 11.6 Å². The molecule has 0 saturated carbocycles. The molecule has 7 heteroatoms. The summed E-state index contributed by atoms with van der Waals surface area (Å²) in [7, 11) is 1.49. The van der Waals surface area contributed by atoms with Gasteiger partial charge in [0.2, 0.25) is 0 Å². The molecule has 0 unspecified atom stereocenters. The van der Waals surface area contributed by atoms with Crippen LogP contribution in [0.4, 0.5) is 4.39 Å². The molecular weight excluding hydrogens is 237 g/mol. The summed E-state index contributed by atoms with van der Waals surface area (Å²) in [5.41, 5.74) is 5.77. The van der Waals surface area contributed by atoms with Crippen LogP contribution in [-0.4, -0.2) is 33.9 Å². The molecule has 2 rings (SSSR count). The fourth-order valence-corrected chi connectivity index (χ4v) is 1.59. The van der Waals surface area contributed by atoms with E-state index in [2.05, 4.69) is 15.5 Å². The van der Waals surface area contributed by atoms with Gasteiger partial charge < -0.3 is 10.5 Å². The molecular formula is C11H14FN5O. The zero-order valence-corrected chi connectivity index (χ0v) is 10.0. The lowest BCUT2D eigenvalue weighted by Gasteiger charge is -2.06. The molecule has 0 atom stereocenters. The van der Waals surface area contributed by atoms with Crippen molar-refractivity contribution >= 4 is 0 Å². The molecule has 1 heterocycles. The van der Waals surface area contributed by atoms with Crippen molar-refractivity contribution in [3.8, 4) is 17.1 Å². The number of methoxy groups -OCH3 is 1. The molecule has 18 heavy (non-hydrogen) atoms. The lowest BCUT2D eigenvalue weighted by molar-refractivity contribution is 0.411. The van der Waals surface area contributed by atoms with Crippen LogP contribution in [0.15, 0.2) is 18.2 Å². The highest BCUT2D eigenvalue weighted by molar-refractivity contribution is 5.57. The van der Waals surface area contributed by atoms with Gasteiger partial charge in [-0.1, -0.05) is 0 Å². The van der Waals surface area contributed by atoms with Gasteiger partial charge in [-0.2, -0.15) is 0 Å². The fourth-order valence-electron chi connectivity index (χ4n) is 1.59. The number of rotatable bonds is 5. The maximum Gasteiger partial charge on any atom is 0.184 e. The average molecular weight is 251 g/mol. The van der Waals surface area contributed by atoms with E-state index in [0.29, 0.717) is 30.2 Å². The van der Waals surface area contributed by atoms with Crippen LogP contribution < -0.4 is 10.5 Å². The van der Waals surface area contributed by atoms with Gasteiger partial charge in [-0.3, -0.25) is 0 Å². The van der Waals surface area contributed by atoms with Gasteiger partial charge in [-0.25, -0.2) is 9.07 Å². The monoisotopic (exact) mass is 251 g/mol. The second-order valence-corrected chi connectivity index (χ2v) is 3.71. The molecule has 6 nitrogen and oxygen atoms in total. The highest BCUT2D eigenvalue weighted by Gasteiger charge is 2.13. The first-order valence-electron chi connectivity index (χ1n) is 5.56. The van der Waals surface area contributed by atoms with Crippen molar-refractivity contribution in [2.75, 3.05) is 13.7 Å². The van der Waals surface area contributed by atoms with Crippen molar-refractivity contribution in [3.05, 3.63) is 24.0 Å². The van der Waals surface area contributed by atoms with Crippen molar-refractivity contribution < 1.29 is 9.13 Å². The second-order valence-electron chi connectivity index (χ2n) is 3.71. The SMILES string of the molecule is COc1ccc(-c2nnnn2CCCN)c(F)c1. The lowest BCUT2D eigenvalue weighted by atomic mass is 10.2. The summed E-state index contributed by atoms with van der Waals surface area (Å²) in [6, 6.07) is 4.57. The number of hydrogen-bond acceptors (Lipinski definition) is 5. The summed E-state index contributed by atoms with van der Waals surface area (Å²) in [6.45, 7) is 1.09. The van der Waals surface area contributed by atoms with E-state index >= 15 is 0 Å². The predicted octanol–water partition coefficient (Wildman–Crippen LogP) is 0.837. The Morgan fingerprint density at radius 2 is 2.28 bits per heavy atom. The molecule has 0 aliphatic rings. The van der Waals surface area contributed by atoms with Crippen LogP contribution in [0.1, 0.15) is 6.42 Å². The van der Waals surface area contributed by atoms with Crippen LogP contribution in [0.3, 0.4) is 0 Å². The Morgan fingerprint density at radius 1 is 1.44 bits per heavy atom. The number of benzene rings is 1. The predicted molar refractivity (Wildman–Crippen MR) is 63.4 cm³/mol. The molecule has 96 valence electrons. The van der Waals surface area contributed by atoms with Crippen molar-refractivity contribution in [1.29, 1.82) is 0 Å². The molecule has 0 fully saturated rings. The topological polar surface area (TPSA) is 78.9 Å². The number of ether oxygens (including phenoxy) is 1. The van der Waals surface area contributed by atoms with Gasteiger partial charge in [0, 0.05) is 12.6 Å². The number of tetrazole rings is 1. The quantitative estimate of drug-likeness (QED) is 0.851. The molecule has 0 saturated heterocycles. The molecule has 0 bridgehead atoms. The third-order valence-corrected chi connectivity index (χ3v) is 2.52. The molecule has 2 aromatic rings. The summed E-state index contributed by atoms with van der Waals surface area (Å²) in [4.78, 5) is 0. The van der Waals surface area contributed by atoms with Gasteiger partial charge >= 0.3 is 0 Å². The molecule has 1 aromatic heterocycles. The summed E-state index contributed by atoms with van der Waals surface area (Å²) in [5, 5.41) is 11.2. The molecule has 2 N–H and O–H groups in total. The van der Waals surface area contributed by atoms with Gasteiger partial charge in [0.25, 0.3) is 0 Å². The maximum absolute atomic E-state index is 13.9. The largest absolute Gasteiger partial charge is 0.497 e. The highest BCUT2D eigenvalue weighted by atomic mass is 19.1. The summed E-state index contributed by atoms with van der Waals surface area (Å²) >= 11 is 0. The molecule has 0 spiro atoms. The van der Waals surface area contributed by atoms with E-state index in [-0.39, 0.29) is 0 Å². The summed E-state index contributed by atoms with van der Waals surface area (Å²) < 4.78 is 20.4. The number of nitrogens with zero attached hydrogens (tertiary/aromatic N) is 4. The zero-order chi connectivity index (χ0) is 13.0. The fraction of sp³-hybridized carbons (Fsp3) is 0.364. The zero-order valence-electron chi connectivity index (χ0n) is 10.0. The Hall–Kier alpha value is -2.02. The number of aryl methyl sites for hydroxylation is 1. The van der Waals surface area contributed by atoms with E-state index < -0.39 is 5.82 Å². The summed E-state index contributed by atoms with van der Waals surface area (Å²) in [5.74, 6) is 0.430.